The van der Waals surface area contributed by atoms with Gasteiger partial charge in [-0.3, -0.25) is 9.48 Å². The second kappa shape index (κ2) is 6.59. The number of carbonyl (C=O) groups is 1. The zero-order valence-electron chi connectivity index (χ0n) is 15.6. The van der Waals surface area contributed by atoms with Crippen molar-refractivity contribution in [1.82, 2.24) is 24.6 Å². The number of pyridine rings is 1. The third-order valence-corrected chi connectivity index (χ3v) is 5.46. The highest BCUT2D eigenvalue weighted by Crippen LogP contribution is 2.29. The molecule has 1 amide bonds. The van der Waals surface area contributed by atoms with Gasteiger partial charge in [0, 0.05) is 48.5 Å². The summed E-state index contributed by atoms with van der Waals surface area (Å²) in [5.74, 6) is 0.433. The molecule has 6 nitrogen and oxygen atoms in total. The zero-order chi connectivity index (χ0) is 18.3. The predicted octanol–water partition coefficient (Wildman–Crippen LogP) is 3.42. The van der Waals surface area contributed by atoms with Gasteiger partial charge in [-0.15, -0.1) is 0 Å². The van der Waals surface area contributed by atoms with Crippen LogP contribution in [-0.2, 0) is 6.54 Å². The van der Waals surface area contributed by atoms with E-state index in [0.29, 0.717) is 5.92 Å². The topological polar surface area (TPSA) is 66.8 Å². The molecule has 1 fully saturated rings. The van der Waals surface area contributed by atoms with Gasteiger partial charge >= 0.3 is 0 Å². The summed E-state index contributed by atoms with van der Waals surface area (Å²) in [6.07, 6.45) is 3.90. The number of nitrogens with one attached hydrogen (secondary N) is 1. The molecule has 0 aliphatic carbocycles. The maximum atomic E-state index is 13.2. The molecule has 1 aliphatic rings. The van der Waals surface area contributed by atoms with Crippen LogP contribution in [-0.4, -0.2) is 43.6 Å². The zero-order valence-corrected chi connectivity index (χ0v) is 15.6. The van der Waals surface area contributed by atoms with E-state index in [1.807, 2.05) is 29.5 Å². The molecule has 0 bridgehead atoms. The Morgan fingerprint density at radius 3 is 2.96 bits per heavy atom. The number of H-pyrrole nitrogens is 1. The third kappa shape index (κ3) is 2.79. The first-order valence-corrected chi connectivity index (χ1v) is 9.35. The van der Waals surface area contributed by atoms with E-state index in [4.69, 9.17) is 0 Å². The van der Waals surface area contributed by atoms with Crippen LogP contribution in [0.15, 0.2) is 24.4 Å². The summed E-state index contributed by atoms with van der Waals surface area (Å²) in [4.78, 5) is 23.0. The second-order valence-corrected chi connectivity index (χ2v) is 7.12. The Labute approximate surface area is 153 Å². The van der Waals surface area contributed by atoms with Crippen LogP contribution in [0.3, 0.4) is 0 Å². The molecule has 136 valence electrons. The molecule has 1 saturated heterocycles. The number of piperidine rings is 1. The molecule has 0 aromatic carbocycles. The molecule has 6 heteroatoms. The van der Waals surface area contributed by atoms with E-state index in [2.05, 4.69) is 34.1 Å². The van der Waals surface area contributed by atoms with E-state index in [1.165, 1.54) is 5.69 Å². The van der Waals surface area contributed by atoms with Gasteiger partial charge in [-0.1, -0.05) is 0 Å². The van der Waals surface area contributed by atoms with Gasteiger partial charge in [-0.2, -0.15) is 5.10 Å². The number of aryl methyl sites for hydroxylation is 2. The number of likely N-dealkylation sites (tertiary alicyclic amines) is 1. The highest BCUT2D eigenvalue weighted by molar-refractivity contribution is 5.96. The smallest absolute Gasteiger partial charge is 0.257 e. The summed E-state index contributed by atoms with van der Waals surface area (Å²) in [6.45, 7) is 8.30. The van der Waals surface area contributed by atoms with E-state index in [9.17, 15) is 4.79 Å². The Hall–Kier alpha value is -2.63. The maximum Gasteiger partial charge on any atom is 0.257 e. The van der Waals surface area contributed by atoms with Crippen molar-refractivity contribution in [3.8, 4) is 0 Å². The second-order valence-electron chi connectivity index (χ2n) is 7.12. The molecule has 3 aromatic heterocycles. The van der Waals surface area contributed by atoms with Crippen molar-refractivity contribution < 1.29 is 4.79 Å². The Morgan fingerprint density at radius 2 is 2.23 bits per heavy atom. The Kier molecular flexibility index (Phi) is 4.26. The lowest BCUT2D eigenvalue weighted by atomic mass is 9.94. The maximum absolute atomic E-state index is 13.2. The molecule has 3 aromatic rings. The van der Waals surface area contributed by atoms with Crippen molar-refractivity contribution in [2.24, 2.45) is 0 Å². The molecule has 0 spiro atoms. The van der Waals surface area contributed by atoms with Gasteiger partial charge in [0.2, 0.25) is 0 Å². The molecule has 0 radical (unpaired) electrons. The Bertz CT molecular complexity index is 921. The number of nitrogens with zero attached hydrogens (tertiary/aromatic N) is 4. The largest absolute Gasteiger partial charge is 0.343 e. The average Bonchev–Trinajstić information content (AvgIpc) is 3.22. The summed E-state index contributed by atoms with van der Waals surface area (Å²) in [5, 5.41) is 5.63. The summed E-state index contributed by atoms with van der Waals surface area (Å²) >= 11 is 0. The van der Waals surface area contributed by atoms with Crippen molar-refractivity contribution in [1.29, 1.82) is 0 Å². The summed E-state index contributed by atoms with van der Waals surface area (Å²) in [6, 6.07) is 6.19. The number of aromatic nitrogens is 4. The lowest BCUT2D eigenvalue weighted by Crippen LogP contribution is -2.39. The molecule has 0 saturated carbocycles. The van der Waals surface area contributed by atoms with Gasteiger partial charge in [0.15, 0.2) is 0 Å². The van der Waals surface area contributed by atoms with Crippen molar-refractivity contribution >= 4 is 16.9 Å². The molecule has 4 rings (SSSR count). The van der Waals surface area contributed by atoms with E-state index in [0.717, 1.165) is 60.5 Å². The molecular weight excluding hydrogens is 326 g/mol. The van der Waals surface area contributed by atoms with E-state index in [1.54, 1.807) is 6.20 Å². The van der Waals surface area contributed by atoms with Crippen LogP contribution in [0.2, 0.25) is 0 Å². The Morgan fingerprint density at radius 1 is 1.38 bits per heavy atom. The van der Waals surface area contributed by atoms with Crippen molar-refractivity contribution in [2.75, 3.05) is 13.1 Å². The number of amides is 1. The van der Waals surface area contributed by atoms with Gasteiger partial charge in [0.1, 0.15) is 5.65 Å². The first-order chi connectivity index (χ1) is 12.6. The molecule has 1 aliphatic heterocycles. The molecule has 26 heavy (non-hydrogen) atoms. The Balaban J connectivity index is 1.58. The molecule has 0 unspecified atom stereocenters. The summed E-state index contributed by atoms with van der Waals surface area (Å²) in [5.41, 5.74) is 4.65. The summed E-state index contributed by atoms with van der Waals surface area (Å²) in [7, 11) is 0. The average molecular weight is 351 g/mol. The van der Waals surface area contributed by atoms with Crippen LogP contribution in [0, 0.1) is 13.8 Å². The van der Waals surface area contributed by atoms with Crippen molar-refractivity contribution in [3.63, 3.8) is 0 Å². The van der Waals surface area contributed by atoms with Gasteiger partial charge in [-0.05, 0) is 51.8 Å². The first-order valence-electron chi connectivity index (χ1n) is 9.35. The predicted molar refractivity (Wildman–Crippen MR) is 101 cm³/mol. The fourth-order valence-electron chi connectivity index (χ4n) is 4.09. The fourth-order valence-corrected chi connectivity index (χ4v) is 4.09. The van der Waals surface area contributed by atoms with E-state index >= 15 is 0 Å². The van der Waals surface area contributed by atoms with E-state index in [-0.39, 0.29) is 5.91 Å². The first kappa shape index (κ1) is 16.8. The van der Waals surface area contributed by atoms with Gasteiger partial charge in [0.05, 0.1) is 11.3 Å². The number of hydrogen-bond donors (Lipinski definition) is 1. The van der Waals surface area contributed by atoms with E-state index < -0.39 is 0 Å². The monoisotopic (exact) mass is 351 g/mol. The summed E-state index contributed by atoms with van der Waals surface area (Å²) < 4.78 is 1.91. The minimum absolute atomic E-state index is 0.110. The highest BCUT2D eigenvalue weighted by Gasteiger charge is 2.29. The number of aromatic amines is 1. The SMILES string of the molecule is CCn1nc(C)c(C(=O)N2CCC[C@@H](c3cc4cccnc4[nH]3)C2)c1C. The minimum atomic E-state index is 0.110. The fraction of sp³-hybridized carbons (Fsp3) is 0.450. The quantitative estimate of drug-likeness (QED) is 0.786. The number of carbonyl (C=O) groups excluding carboxylic acids is 1. The number of hydrogen-bond acceptors (Lipinski definition) is 3. The lowest BCUT2D eigenvalue weighted by molar-refractivity contribution is 0.0704. The molecule has 1 N–H and O–H groups in total. The van der Waals surface area contributed by atoms with Crippen LogP contribution in [0.4, 0.5) is 0 Å². The molecular formula is C20H25N5O. The van der Waals surface area contributed by atoms with Crippen LogP contribution in [0.5, 0.6) is 0 Å². The van der Waals surface area contributed by atoms with Crippen LogP contribution >= 0.6 is 0 Å². The van der Waals surface area contributed by atoms with Crippen LogP contribution in [0.25, 0.3) is 11.0 Å². The minimum Gasteiger partial charge on any atom is -0.343 e. The number of fused-ring (bicyclic) bond motifs is 1. The van der Waals surface area contributed by atoms with Crippen molar-refractivity contribution in [2.45, 2.75) is 46.1 Å². The van der Waals surface area contributed by atoms with Crippen molar-refractivity contribution in [3.05, 3.63) is 47.0 Å². The van der Waals surface area contributed by atoms with Gasteiger partial charge < -0.3 is 9.88 Å². The normalized spacial score (nSPS) is 17.8. The lowest BCUT2D eigenvalue weighted by Gasteiger charge is -2.32. The third-order valence-electron chi connectivity index (χ3n) is 5.46. The highest BCUT2D eigenvalue weighted by atomic mass is 16.2. The van der Waals surface area contributed by atoms with Gasteiger partial charge in [0.25, 0.3) is 5.91 Å². The van der Waals surface area contributed by atoms with Crippen LogP contribution < -0.4 is 0 Å². The van der Waals surface area contributed by atoms with Crippen LogP contribution in [0.1, 0.15) is 53.1 Å². The standard InChI is InChI=1S/C20H25N5O/c1-4-25-14(3)18(13(2)23-25)20(26)24-10-6-8-16(12-24)17-11-15-7-5-9-21-19(15)22-17/h5,7,9,11,16H,4,6,8,10,12H2,1-3H3,(H,21,22)/t16-/m1/s1. The molecule has 1 atom stereocenters. The molecule has 4 heterocycles. The van der Waals surface area contributed by atoms with Gasteiger partial charge in [-0.25, -0.2) is 4.98 Å². The number of rotatable bonds is 3.